The third-order valence-corrected chi connectivity index (χ3v) is 1.80. The van der Waals surface area contributed by atoms with Crippen molar-refractivity contribution in [3.63, 3.8) is 0 Å². The summed E-state index contributed by atoms with van der Waals surface area (Å²) in [5, 5.41) is 0.257. The lowest BCUT2D eigenvalue weighted by Gasteiger charge is -1.79. The van der Waals surface area contributed by atoms with Crippen molar-refractivity contribution in [2.45, 2.75) is 0 Å². The van der Waals surface area contributed by atoms with Crippen LogP contribution in [0.3, 0.4) is 0 Å². The van der Waals surface area contributed by atoms with Crippen LogP contribution in [0, 0.1) is 12.3 Å². The Morgan fingerprint density at radius 3 is 2.90 bits per heavy atom. The molecule has 1 amide bonds. The topological polar surface area (TPSA) is 56.0 Å². The van der Waals surface area contributed by atoms with Gasteiger partial charge in [-0.3, -0.25) is 4.79 Å². The molecular weight excluding hydrogens is 148 g/mol. The largest absolute Gasteiger partial charge is 0.364 e. The summed E-state index contributed by atoms with van der Waals surface area (Å²) in [7, 11) is 0. The third-order valence-electron chi connectivity index (χ3n) is 0.859. The van der Waals surface area contributed by atoms with Gasteiger partial charge in [-0.05, 0) is 0 Å². The lowest BCUT2D eigenvalue weighted by atomic mass is 10.6. The van der Waals surface area contributed by atoms with E-state index in [1.165, 1.54) is 6.20 Å². The van der Waals surface area contributed by atoms with E-state index in [2.05, 4.69) is 10.9 Å². The maximum absolute atomic E-state index is 10.4. The number of nitrogens with two attached hydrogens (primary N) is 1. The molecule has 10 heavy (non-hydrogen) atoms. The van der Waals surface area contributed by atoms with Gasteiger partial charge in [0.15, 0.2) is 5.01 Å². The standard InChI is InChI=1S/C6H4N2OS/c1-2-4-3-8-6(10-4)5(7)9/h1,3H,(H2,7,9). The van der Waals surface area contributed by atoms with E-state index in [0.717, 1.165) is 11.3 Å². The minimum absolute atomic E-state index is 0.257. The van der Waals surface area contributed by atoms with Crippen LogP contribution in [0.15, 0.2) is 6.20 Å². The SMILES string of the molecule is C#Cc1cnc(C(N)=O)s1. The van der Waals surface area contributed by atoms with E-state index in [-0.39, 0.29) is 5.01 Å². The molecule has 0 fully saturated rings. The number of carbonyl (C=O) groups excluding carboxylic acids is 1. The van der Waals surface area contributed by atoms with Crippen molar-refractivity contribution in [3.05, 3.63) is 16.1 Å². The molecular formula is C6H4N2OS. The lowest BCUT2D eigenvalue weighted by Crippen LogP contribution is -2.09. The fourth-order valence-electron chi connectivity index (χ4n) is 0.455. The molecule has 3 nitrogen and oxygen atoms in total. The molecule has 0 unspecified atom stereocenters. The third kappa shape index (κ3) is 1.14. The number of aromatic nitrogens is 1. The predicted molar refractivity (Wildman–Crippen MR) is 38.6 cm³/mol. The lowest BCUT2D eigenvalue weighted by molar-refractivity contribution is 0.1000. The van der Waals surface area contributed by atoms with Crippen LogP contribution in [0.1, 0.15) is 14.7 Å². The first kappa shape index (κ1) is 6.78. The molecule has 0 spiro atoms. The first-order valence-electron chi connectivity index (χ1n) is 2.46. The zero-order chi connectivity index (χ0) is 7.56. The van der Waals surface area contributed by atoms with Crippen LogP contribution in [-0.2, 0) is 0 Å². The van der Waals surface area contributed by atoms with E-state index in [0.29, 0.717) is 4.88 Å². The summed E-state index contributed by atoms with van der Waals surface area (Å²) in [5.41, 5.74) is 4.92. The minimum Gasteiger partial charge on any atom is -0.364 e. The molecule has 0 bridgehead atoms. The monoisotopic (exact) mass is 152 g/mol. The summed E-state index contributed by atoms with van der Waals surface area (Å²) in [4.78, 5) is 14.7. The Morgan fingerprint density at radius 2 is 2.60 bits per heavy atom. The number of nitrogens with zero attached hydrogens (tertiary/aromatic N) is 1. The summed E-state index contributed by atoms with van der Waals surface area (Å²) in [6.45, 7) is 0. The van der Waals surface area contributed by atoms with Gasteiger partial charge in [0.25, 0.3) is 5.91 Å². The first-order valence-corrected chi connectivity index (χ1v) is 3.28. The van der Waals surface area contributed by atoms with E-state index in [9.17, 15) is 4.79 Å². The number of terminal acetylenes is 1. The average molecular weight is 152 g/mol. The summed E-state index contributed by atoms with van der Waals surface area (Å²) < 4.78 is 0. The minimum atomic E-state index is -0.536. The number of amides is 1. The molecule has 0 saturated heterocycles. The van der Waals surface area contributed by atoms with E-state index < -0.39 is 5.91 Å². The van der Waals surface area contributed by atoms with Gasteiger partial charge in [0.05, 0.1) is 11.1 Å². The molecule has 1 aromatic heterocycles. The van der Waals surface area contributed by atoms with E-state index >= 15 is 0 Å². The summed E-state index contributed by atoms with van der Waals surface area (Å²) in [5.74, 6) is 1.81. The number of thiazole rings is 1. The Bertz CT molecular complexity index is 297. The number of primary amides is 1. The summed E-state index contributed by atoms with van der Waals surface area (Å²) >= 11 is 1.12. The van der Waals surface area contributed by atoms with Crippen molar-refractivity contribution in [2.75, 3.05) is 0 Å². The highest BCUT2D eigenvalue weighted by molar-refractivity contribution is 7.14. The normalized spacial score (nSPS) is 8.70. The van der Waals surface area contributed by atoms with Gasteiger partial charge in [-0.1, -0.05) is 5.92 Å². The van der Waals surface area contributed by atoms with Gasteiger partial charge in [0, 0.05) is 0 Å². The highest BCUT2D eigenvalue weighted by Gasteiger charge is 2.03. The van der Waals surface area contributed by atoms with E-state index in [4.69, 9.17) is 12.2 Å². The molecule has 1 rings (SSSR count). The second-order valence-corrected chi connectivity index (χ2v) is 2.57. The van der Waals surface area contributed by atoms with Crippen molar-refractivity contribution in [1.82, 2.24) is 4.98 Å². The zero-order valence-electron chi connectivity index (χ0n) is 5.00. The van der Waals surface area contributed by atoms with E-state index in [1.807, 2.05) is 0 Å². The van der Waals surface area contributed by atoms with Crippen LogP contribution < -0.4 is 5.73 Å². The molecule has 1 heterocycles. The Kier molecular flexibility index (Phi) is 1.69. The Balaban J connectivity index is 3.02. The Morgan fingerprint density at radius 1 is 1.90 bits per heavy atom. The van der Waals surface area contributed by atoms with Crippen LogP contribution in [0.5, 0.6) is 0 Å². The van der Waals surface area contributed by atoms with Gasteiger partial charge in [0.1, 0.15) is 0 Å². The number of hydrogen-bond acceptors (Lipinski definition) is 3. The van der Waals surface area contributed by atoms with Crippen molar-refractivity contribution >= 4 is 17.2 Å². The second-order valence-electron chi connectivity index (χ2n) is 1.54. The maximum Gasteiger partial charge on any atom is 0.277 e. The van der Waals surface area contributed by atoms with Crippen molar-refractivity contribution in [3.8, 4) is 12.3 Å². The first-order chi connectivity index (χ1) is 4.74. The molecule has 0 radical (unpaired) electrons. The highest BCUT2D eigenvalue weighted by Crippen LogP contribution is 2.09. The number of rotatable bonds is 1. The van der Waals surface area contributed by atoms with Gasteiger partial charge in [-0.2, -0.15) is 0 Å². The molecule has 1 aromatic rings. The van der Waals surface area contributed by atoms with Crippen molar-refractivity contribution in [2.24, 2.45) is 5.73 Å². The number of carbonyl (C=O) groups is 1. The molecule has 4 heteroatoms. The van der Waals surface area contributed by atoms with Crippen molar-refractivity contribution < 1.29 is 4.79 Å². The molecule has 2 N–H and O–H groups in total. The van der Waals surface area contributed by atoms with Gasteiger partial charge < -0.3 is 5.73 Å². The van der Waals surface area contributed by atoms with Gasteiger partial charge in [-0.25, -0.2) is 4.98 Å². The second kappa shape index (κ2) is 2.50. The molecule has 0 aliphatic carbocycles. The predicted octanol–water partition coefficient (Wildman–Crippen LogP) is 0.223. The molecule has 50 valence electrons. The van der Waals surface area contributed by atoms with E-state index in [1.54, 1.807) is 0 Å². The number of hydrogen-bond donors (Lipinski definition) is 1. The Labute approximate surface area is 61.9 Å². The van der Waals surface area contributed by atoms with Crippen LogP contribution in [0.25, 0.3) is 0 Å². The summed E-state index contributed by atoms with van der Waals surface area (Å²) in [6.07, 6.45) is 6.48. The van der Waals surface area contributed by atoms with Crippen LogP contribution in [-0.4, -0.2) is 10.9 Å². The molecule has 0 aliphatic rings. The molecule has 0 aromatic carbocycles. The zero-order valence-corrected chi connectivity index (χ0v) is 5.81. The molecule has 0 atom stereocenters. The molecule has 0 aliphatic heterocycles. The maximum atomic E-state index is 10.4. The van der Waals surface area contributed by atoms with Crippen LogP contribution in [0.2, 0.25) is 0 Å². The highest BCUT2D eigenvalue weighted by atomic mass is 32.1. The fourth-order valence-corrected chi connectivity index (χ4v) is 1.03. The average Bonchev–Trinajstić information content (AvgIpc) is 2.34. The summed E-state index contributed by atoms with van der Waals surface area (Å²) in [6, 6.07) is 0. The van der Waals surface area contributed by atoms with Gasteiger partial charge >= 0.3 is 0 Å². The molecule has 0 saturated carbocycles. The van der Waals surface area contributed by atoms with Crippen LogP contribution >= 0.6 is 11.3 Å². The fraction of sp³-hybridized carbons (Fsp3) is 0. The van der Waals surface area contributed by atoms with Crippen molar-refractivity contribution in [1.29, 1.82) is 0 Å². The van der Waals surface area contributed by atoms with Gasteiger partial charge in [0.2, 0.25) is 0 Å². The van der Waals surface area contributed by atoms with Crippen LogP contribution in [0.4, 0.5) is 0 Å². The quantitative estimate of drug-likeness (QED) is 0.585. The Hall–Kier alpha value is -1.34. The smallest absolute Gasteiger partial charge is 0.277 e. The van der Waals surface area contributed by atoms with Gasteiger partial charge in [-0.15, -0.1) is 17.8 Å².